The number of guanidine groups is 1. The van der Waals surface area contributed by atoms with Crippen molar-refractivity contribution in [1.29, 1.82) is 0 Å². The van der Waals surface area contributed by atoms with Crippen LogP contribution in [0.15, 0.2) is 33.8 Å². The van der Waals surface area contributed by atoms with Crippen LogP contribution in [0.4, 0.5) is 0 Å². The number of nitrogens with zero attached hydrogens (tertiary/aromatic N) is 3. The highest BCUT2D eigenvalue weighted by atomic mass is 35.5. The van der Waals surface area contributed by atoms with Crippen molar-refractivity contribution in [2.24, 2.45) is 10.4 Å². The van der Waals surface area contributed by atoms with Gasteiger partial charge in [0.15, 0.2) is 5.96 Å². The summed E-state index contributed by atoms with van der Waals surface area (Å²) in [6, 6.07) is 7.57. The summed E-state index contributed by atoms with van der Waals surface area (Å²) in [5, 5.41) is 11.4. The zero-order valence-electron chi connectivity index (χ0n) is 16.3. The maximum absolute atomic E-state index is 5.91. The lowest BCUT2D eigenvalue weighted by Crippen LogP contribution is -2.69. The van der Waals surface area contributed by atoms with Crippen LogP contribution in [0.1, 0.15) is 33.1 Å². The van der Waals surface area contributed by atoms with Crippen LogP contribution in [0.2, 0.25) is 5.02 Å². The average Bonchev–Trinajstić information content (AvgIpc) is 3.13. The first-order valence-electron chi connectivity index (χ1n) is 8.90. The largest absolute Gasteiger partial charge is 0.378 e. The number of benzene rings is 1. The van der Waals surface area contributed by atoms with Crippen molar-refractivity contribution in [2.75, 3.05) is 14.2 Å². The Bertz CT molecular complexity index is 818. The van der Waals surface area contributed by atoms with Gasteiger partial charge in [-0.15, -0.1) is 0 Å². The number of ether oxygens (including phenoxy) is 1. The molecule has 0 aliphatic heterocycles. The number of hydrogen-bond acceptors (Lipinski definition) is 5. The Balaban J connectivity index is 1.57. The van der Waals surface area contributed by atoms with Gasteiger partial charge < -0.3 is 19.9 Å². The molecular formula is C19H26ClN5O2. The molecule has 7 nitrogen and oxygen atoms in total. The molecule has 1 fully saturated rings. The second-order valence-electron chi connectivity index (χ2n) is 7.50. The van der Waals surface area contributed by atoms with E-state index in [1.54, 1.807) is 26.3 Å². The van der Waals surface area contributed by atoms with E-state index in [0.29, 0.717) is 29.2 Å². The van der Waals surface area contributed by atoms with E-state index >= 15 is 0 Å². The highest BCUT2D eigenvalue weighted by molar-refractivity contribution is 6.30. The first-order valence-corrected chi connectivity index (χ1v) is 9.28. The lowest BCUT2D eigenvalue weighted by molar-refractivity contribution is -0.176. The quantitative estimate of drug-likeness (QED) is 0.601. The smallest absolute Gasteiger partial charge is 0.246 e. The molecule has 8 heteroatoms. The zero-order chi connectivity index (χ0) is 19.7. The van der Waals surface area contributed by atoms with Crippen molar-refractivity contribution in [3.63, 3.8) is 0 Å². The zero-order valence-corrected chi connectivity index (χ0v) is 17.1. The van der Waals surface area contributed by atoms with E-state index in [1.165, 1.54) is 0 Å². The summed E-state index contributed by atoms with van der Waals surface area (Å²) in [6.45, 7) is 6.91. The van der Waals surface area contributed by atoms with E-state index in [0.717, 1.165) is 12.0 Å². The van der Waals surface area contributed by atoms with E-state index in [-0.39, 0.29) is 17.1 Å². The summed E-state index contributed by atoms with van der Waals surface area (Å²) >= 11 is 5.91. The van der Waals surface area contributed by atoms with Gasteiger partial charge in [-0.3, -0.25) is 4.99 Å². The molecule has 2 unspecified atom stereocenters. The maximum Gasteiger partial charge on any atom is 0.246 e. The maximum atomic E-state index is 5.91. The minimum atomic E-state index is -0.135. The summed E-state index contributed by atoms with van der Waals surface area (Å²) in [5.74, 6) is 1.71. The van der Waals surface area contributed by atoms with Gasteiger partial charge in [0.2, 0.25) is 11.7 Å². The van der Waals surface area contributed by atoms with Crippen molar-refractivity contribution in [2.45, 2.75) is 45.4 Å². The van der Waals surface area contributed by atoms with Crippen molar-refractivity contribution in [1.82, 2.24) is 20.8 Å². The van der Waals surface area contributed by atoms with Crippen LogP contribution >= 0.6 is 11.6 Å². The fourth-order valence-corrected chi connectivity index (χ4v) is 3.41. The van der Waals surface area contributed by atoms with Crippen LogP contribution in [-0.4, -0.2) is 41.9 Å². The molecule has 2 atom stereocenters. The molecule has 3 rings (SSSR count). The summed E-state index contributed by atoms with van der Waals surface area (Å²) in [6.07, 6.45) is 0.915. The van der Waals surface area contributed by atoms with Crippen molar-refractivity contribution in [3.05, 3.63) is 35.2 Å². The number of halogens is 1. The first kappa shape index (κ1) is 19.6. The Morgan fingerprint density at radius 2 is 2.04 bits per heavy atom. The Kier molecular flexibility index (Phi) is 5.44. The van der Waals surface area contributed by atoms with Crippen molar-refractivity contribution < 1.29 is 9.26 Å². The van der Waals surface area contributed by atoms with Gasteiger partial charge in [0, 0.05) is 36.2 Å². The van der Waals surface area contributed by atoms with Crippen LogP contribution in [0.3, 0.4) is 0 Å². The lowest BCUT2D eigenvalue weighted by Gasteiger charge is -2.59. The highest BCUT2D eigenvalue weighted by Crippen LogP contribution is 2.51. The predicted octanol–water partition coefficient (Wildman–Crippen LogP) is 3.26. The third-order valence-electron chi connectivity index (χ3n) is 5.79. The van der Waals surface area contributed by atoms with Gasteiger partial charge in [-0.2, -0.15) is 4.98 Å². The molecule has 2 N–H and O–H groups in total. The normalized spacial score (nSPS) is 24.4. The van der Waals surface area contributed by atoms with E-state index in [9.17, 15) is 0 Å². The number of rotatable bonds is 5. The Morgan fingerprint density at radius 3 is 2.63 bits per heavy atom. The Hall–Kier alpha value is -2.12. The molecule has 1 aromatic heterocycles. The molecule has 0 amide bonds. The third kappa shape index (κ3) is 3.80. The molecule has 0 radical (unpaired) electrons. The van der Waals surface area contributed by atoms with Gasteiger partial charge in [-0.1, -0.05) is 30.6 Å². The summed E-state index contributed by atoms with van der Waals surface area (Å²) in [7, 11) is 3.50. The number of methoxy groups -OCH3 is 1. The molecule has 1 aromatic carbocycles. The molecule has 2 aromatic rings. The van der Waals surface area contributed by atoms with Crippen LogP contribution < -0.4 is 10.6 Å². The van der Waals surface area contributed by atoms with E-state index < -0.39 is 0 Å². The van der Waals surface area contributed by atoms with Gasteiger partial charge in [0.25, 0.3) is 0 Å². The van der Waals surface area contributed by atoms with Crippen molar-refractivity contribution in [3.8, 4) is 11.4 Å². The van der Waals surface area contributed by atoms with Crippen LogP contribution in [0.5, 0.6) is 0 Å². The topological polar surface area (TPSA) is 84.6 Å². The van der Waals surface area contributed by atoms with Gasteiger partial charge in [-0.05, 0) is 37.6 Å². The standard InChI is InChI=1S/C19H26ClN5O2/c1-18(2)14(10-19(18,3)26-5)23-17(21-4)22-11-15-24-16(25-27-15)12-6-8-13(20)9-7-12/h6-9,14H,10-11H2,1-5H3,(H2,21,22,23). The van der Waals surface area contributed by atoms with Crippen molar-refractivity contribution >= 4 is 17.6 Å². The molecular weight excluding hydrogens is 366 g/mol. The number of aromatic nitrogens is 2. The molecule has 146 valence electrons. The first-order chi connectivity index (χ1) is 12.8. The molecule has 0 bridgehead atoms. The van der Waals surface area contributed by atoms with Gasteiger partial charge in [-0.25, -0.2) is 0 Å². The predicted molar refractivity (Wildman–Crippen MR) is 106 cm³/mol. The molecule has 0 spiro atoms. The summed E-state index contributed by atoms with van der Waals surface area (Å²) < 4.78 is 11.0. The molecule has 1 aliphatic rings. The monoisotopic (exact) mass is 391 g/mol. The molecule has 0 saturated heterocycles. The van der Waals surface area contributed by atoms with Crippen LogP contribution in [-0.2, 0) is 11.3 Å². The SMILES string of the molecule is CN=C(NCc1nc(-c2ccc(Cl)cc2)no1)NC1CC(C)(OC)C1(C)C. The van der Waals surface area contributed by atoms with E-state index in [2.05, 4.69) is 46.5 Å². The highest BCUT2D eigenvalue weighted by Gasteiger charge is 2.58. The second kappa shape index (κ2) is 7.48. The number of hydrogen-bond donors (Lipinski definition) is 2. The second-order valence-corrected chi connectivity index (χ2v) is 7.94. The molecule has 1 heterocycles. The average molecular weight is 392 g/mol. The third-order valence-corrected chi connectivity index (χ3v) is 6.04. The summed E-state index contributed by atoms with van der Waals surface area (Å²) in [5.41, 5.74) is 0.710. The Labute approximate surface area is 164 Å². The Morgan fingerprint density at radius 1 is 1.33 bits per heavy atom. The van der Waals surface area contributed by atoms with Crippen LogP contribution in [0, 0.1) is 5.41 Å². The minimum Gasteiger partial charge on any atom is -0.378 e. The van der Waals surface area contributed by atoms with Gasteiger partial charge >= 0.3 is 0 Å². The minimum absolute atomic E-state index is 0.00832. The molecule has 27 heavy (non-hydrogen) atoms. The van der Waals surface area contributed by atoms with Crippen LogP contribution in [0.25, 0.3) is 11.4 Å². The van der Waals surface area contributed by atoms with Gasteiger partial charge in [0.05, 0.1) is 12.1 Å². The fraction of sp³-hybridized carbons (Fsp3) is 0.526. The number of nitrogens with one attached hydrogen (secondary N) is 2. The number of aliphatic imine (C=N–C) groups is 1. The van der Waals surface area contributed by atoms with Gasteiger partial charge in [0.1, 0.15) is 0 Å². The molecule has 1 aliphatic carbocycles. The fourth-order valence-electron chi connectivity index (χ4n) is 3.28. The molecule has 1 saturated carbocycles. The van der Waals surface area contributed by atoms with E-state index in [4.69, 9.17) is 20.9 Å². The summed E-state index contributed by atoms with van der Waals surface area (Å²) in [4.78, 5) is 8.70. The lowest BCUT2D eigenvalue weighted by atomic mass is 9.56. The van der Waals surface area contributed by atoms with E-state index in [1.807, 2.05) is 12.1 Å².